The summed E-state index contributed by atoms with van der Waals surface area (Å²) in [6.07, 6.45) is 3.69. The van der Waals surface area contributed by atoms with Crippen LogP contribution in [0.25, 0.3) is 10.9 Å². The van der Waals surface area contributed by atoms with Gasteiger partial charge in [-0.3, -0.25) is 9.78 Å². The second-order valence-corrected chi connectivity index (χ2v) is 10.1. The number of carbonyl (C=O) groups excluding carboxylic acids is 2. The number of nitrogens with one attached hydrogen (secondary N) is 1. The molecule has 1 aliphatic rings. The summed E-state index contributed by atoms with van der Waals surface area (Å²) in [5, 5.41) is 3.91. The second kappa shape index (κ2) is 10.2. The van der Waals surface area contributed by atoms with Crippen molar-refractivity contribution < 1.29 is 19.1 Å². The zero-order chi connectivity index (χ0) is 25.2. The largest absolute Gasteiger partial charge is 0.495 e. The molecule has 2 aromatic carbocycles. The first kappa shape index (κ1) is 25.0. The minimum Gasteiger partial charge on any atom is -0.495 e. The number of aromatic nitrogens is 1. The van der Waals surface area contributed by atoms with Gasteiger partial charge in [-0.15, -0.1) is 0 Å². The highest BCUT2D eigenvalue weighted by atomic mass is 35.5. The Morgan fingerprint density at radius 3 is 2.71 bits per heavy atom. The van der Waals surface area contributed by atoms with E-state index in [4.69, 9.17) is 26.1 Å². The molecule has 0 saturated carbocycles. The van der Waals surface area contributed by atoms with Gasteiger partial charge in [0.2, 0.25) is 0 Å². The van der Waals surface area contributed by atoms with Gasteiger partial charge in [-0.25, -0.2) is 4.79 Å². The summed E-state index contributed by atoms with van der Waals surface area (Å²) in [4.78, 5) is 30.9. The van der Waals surface area contributed by atoms with Gasteiger partial charge in [0.25, 0.3) is 5.91 Å². The van der Waals surface area contributed by atoms with Gasteiger partial charge in [-0.2, -0.15) is 0 Å². The van der Waals surface area contributed by atoms with E-state index in [0.717, 1.165) is 47.8 Å². The molecule has 1 unspecified atom stereocenters. The number of para-hydroxylation sites is 1. The predicted octanol–water partition coefficient (Wildman–Crippen LogP) is 6.23. The molecule has 4 rings (SSSR count). The molecule has 184 valence electrons. The van der Waals surface area contributed by atoms with Crippen LogP contribution in [0.15, 0.2) is 42.5 Å². The number of methoxy groups -OCH3 is 1. The number of fused-ring (bicyclic) bond motifs is 2. The van der Waals surface area contributed by atoms with Gasteiger partial charge < -0.3 is 14.8 Å². The zero-order valence-electron chi connectivity index (χ0n) is 20.6. The highest BCUT2D eigenvalue weighted by Crippen LogP contribution is 2.41. The first-order valence-corrected chi connectivity index (χ1v) is 12.3. The average molecular weight is 495 g/mol. The molecule has 0 radical (unpaired) electrons. The van der Waals surface area contributed by atoms with E-state index in [1.54, 1.807) is 18.2 Å². The molecule has 0 aliphatic heterocycles. The summed E-state index contributed by atoms with van der Waals surface area (Å²) >= 11 is 6.04. The number of hydrogen-bond donors (Lipinski definition) is 1. The van der Waals surface area contributed by atoms with E-state index in [0.29, 0.717) is 27.9 Å². The van der Waals surface area contributed by atoms with Crippen LogP contribution >= 0.6 is 11.6 Å². The van der Waals surface area contributed by atoms with Crippen LogP contribution in [0.4, 0.5) is 5.69 Å². The lowest BCUT2D eigenvalue weighted by Crippen LogP contribution is -2.31. The van der Waals surface area contributed by atoms with Crippen molar-refractivity contribution in [2.24, 2.45) is 11.3 Å². The van der Waals surface area contributed by atoms with Crippen molar-refractivity contribution in [3.8, 4) is 5.75 Å². The number of pyridine rings is 1. The number of esters is 1. The van der Waals surface area contributed by atoms with Crippen LogP contribution in [0.3, 0.4) is 0 Å². The van der Waals surface area contributed by atoms with Crippen LogP contribution in [0, 0.1) is 11.3 Å². The van der Waals surface area contributed by atoms with Crippen LogP contribution in [-0.4, -0.2) is 30.6 Å². The Morgan fingerprint density at radius 1 is 1.20 bits per heavy atom. The Morgan fingerprint density at radius 2 is 1.97 bits per heavy atom. The molecule has 0 bridgehead atoms. The highest BCUT2D eigenvalue weighted by Gasteiger charge is 2.34. The van der Waals surface area contributed by atoms with Crippen molar-refractivity contribution in [3.05, 3.63) is 64.3 Å². The molecule has 0 spiro atoms. The fourth-order valence-electron chi connectivity index (χ4n) is 4.74. The number of rotatable bonds is 7. The molecule has 0 saturated heterocycles. The Labute approximate surface area is 211 Å². The van der Waals surface area contributed by atoms with Gasteiger partial charge in [-0.05, 0) is 60.4 Å². The van der Waals surface area contributed by atoms with E-state index in [9.17, 15) is 9.59 Å². The number of amides is 1. The molecule has 0 fully saturated rings. The Bertz CT molecular complexity index is 1270. The summed E-state index contributed by atoms with van der Waals surface area (Å²) in [5.41, 5.74) is 3.75. The van der Waals surface area contributed by atoms with Crippen LogP contribution < -0.4 is 10.1 Å². The Hall–Kier alpha value is -3.12. The third-order valence-corrected chi connectivity index (χ3v) is 7.48. The number of anilines is 1. The van der Waals surface area contributed by atoms with Gasteiger partial charge in [-0.1, -0.05) is 57.0 Å². The van der Waals surface area contributed by atoms with Crippen molar-refractivity contribution in [2.45, 2.75) is 46.5 Å². The van der Waals surface area contributed by atoms with Crippen LogP contribution in [0.1, 0.15) is 55.2 Å². The lowest BCUT2D eigenvalue weighted by Gasteiger charge is -2.37. The van der Waals surface area contributed by atoms with Crippen molar-refractivity contribution in [1.82, 2.24) is 4.98 Å². The lowest BCUT2D eigenvalue weighted by atomic mass is 9.68. The van der Waals surface area contributed by atoms with Crippen molar-refractivity contribution >= 4 is 40.1 Å². The maximum Gasteiger partial charge on any atom is 0.339 e. The number of halogens is 1. The number of ether oxygens (including phenoxy) is 2. The fraction of sp³-hybridized carbons (Fsp3) is 0.393. The summed E-state index contributed by atoms with van der Waals surface area (Å²) in [6, 6.07) is 12.5. The van der Waals surface area contributed by atoms with Crippen molar-refractivity contribution in [3.63, 3.8) is 0 Å². The molecule has 6 nitrogen and oxygen atoms in total. The summed E-state index contributed by atoms with van der Waals surface area (Å²) in [7, 11) is 1.50. The van der Waals surface area contributed by atoms with E-state index in [1.807, 2.05) is 24.3 Å². The molecule has 35 heavy (non-hydrogen) atoms. The molecule has 1 aromatic heterocycles. The van der Waals surface area contributed by atoms with E-state index >= 15 is 0 Å². The van der Waals surface area contributed by atoms with E-state index in [1.165, 1.54) is 7.11 Å². The third-order valence-electron chi connectivity index (χ3n) is 7.25. The fourth-order valence-corrected chi connectivity index (χ4v) is 4.92. The number of carbonyl (C=O) groups is 2. The first-order valence-electron chi connectivity index (χ1n) is 11.9. The van der Waals surface area contributed by atoms with Crippen molar-refractivity contribution in [1.29, 1.82) is 0 Å². The number of nitrogens with zero attached hydrogens (tertiary/aromatic N) is 1. The maximum absolute atomic E-state index is 13.4. The third kappa shape index (κ3) is 5.27. The monoisotopic (exact) mass is 494 g/mol. The quantitative estimate of drug-likeness (QED) is 0.394. The minimum absolute atomic E-state index is 0.153. The van der Waals surface area contributed by atoms with Crippen LogP contribution in [0.5, 0.6) is 5.75 Å². The predicted molar refractivity (Wildman–Crippen MR) is 138 cm³/mol. The number of hydrogen-bond acceptors (Lipinski definition) is 5. The summed E-state index contributed by atoms with van der Waals surface area (Å²) in [5.74, 6) is -0.0832. The Kier molecular flexibility index (Phi) is 7.31. The van der Waals surface area contributed by atoms with Crippen LogP contribution in [-0.2, 0) is 22.4 Å². The standard InChI is InChI=1S/C28H31ClN2O4/c1-5-28(2,3)17-10-12-22-20(14-17)26(19-8-6-7-9-21(19)30-22)27(33)35-16-25(32)31-23-15-18(29)11-13-24(23)34-4/h6-9,11,13,15,17H,5,10,12,14,16H2,1-4H3,(H,31,32). The molecule has 1 aliphatic carbocycles. The lowest BCUT2D eigenvalue weighted by molar-refractivity contribution is -0.119. The van der Waals surface area contributed by atoms with E-state index in [-0.39, 0.29) is 5.41 Å². The number of benzene rings is 2. The zero-order valence-corrected chi connectivity index (χ0v) is 21.4. The van der Waals surface area contributed by atoms with Gasteiger partial charge in [0.05, 0.1) is 23.9 Å². The van der Waals surface area contributed by atoms with Gasteiger partial charge in [0, 0.05) is 16.1 Å². The molecule has 1 atom stereocenters. The molecule has 1 N–H and O–H groups in total. The molecule has 1 heterocycles. The van der Waals surface area contributed by atoms with Gasteiger partial charge >= 0.3 is 5.97 Å². The van der Waals surface area contributed by atoms with Gasteiger partial charge in [0.15, 0.2) is 6.61 Å². The first-order chi connectivity index (χ1) is 16.7. The second-order valence-electron chi connectivity index (χ2n) is 9.68. The van der Waals surface area contributed by atoms with Crippen LogP contribution in [0.2, 0.25) is 5.02 Å². The molecular formula is C28H31ClN2O4. The summed E-state index contributed by atoms with van der Waals surface area (Å²) < 4.78 is 10.8. The molecule has 1 amide bonds. The smallest absolute Gasteiger partial charge is 0.339 e. The number of aryl methyl sites for hydroxylation is 1. The highest BCUT2D eigenvalue weighted by molar-refractivity contribution is 6.31. The van der Waals surface area contributed by atoms with Gasteiger partial charge in [0.1, 0.15) is 5.75 Å². The minimum atomic E-state index is -0.511. The topological polar surface area (TPSA) is 77.5 Å². The van der Waals surface area contributed by atoms with E-state index < -0.39 is 18.5 Å². The normalized spacial score (nSPS) is 15.4. The van der Waals surface area contributed by atoms with E-state index in [2.05, 4.69) is 26.1 Å². The SMILES string of the molecule is CCC(C)(C)C1CCc2nc3ccccc3c(C(=O)OCC(=O)Nc3cc(Cl)ccc3OC)c2C1. The molecule has 3 aromatic rings. The average Bonchev–Trinajstić information content (AvgIpc) is 2.85. The maximum atomic E-state index is 13.4. The molecule has 7 heteroatoms. The molecular weight excluding hydrogens is 464 g/mol. The Balaban J connectivity index is 1.59. The summed E-state index contributed by atoms with van der Waals surface area (Å²) in [6.45, 7) is 6.34. The van der Waals surface area contributed by atoms with Crippen molar-refractivity contribution in [2.75, 3.05) is 19.0 Å².